The smallest absolute Gasteiger partial charge is 0.231 e. The van der Waals surface area contributed by atoms with E-state index >= 15 is 0 Å². The Hall–Kier alpha value is -1.26. The highest BCUT2D eigenvalue weighted by molar-refractivity contribution is 5.48. The van der Waals surface area contributed by atoms with E-state index in [1.54, 1.807) is 0 Å². The third-order valence-electron chi connectivity index (χ3n) is 4.88. The summed E-state index contributed by atoms with van der Waals surface area (Å²) in [6, 6.07) is 6.67. The maximum absolute atomic E-state index is 5.57. The van der Waals surface area contributed by atoms with Crippen LogP contribution in [0.5, 0.6) is 11.5 Å². The Morgan fingerprint density at radius 1 is 1.29 bits per heavy atom. The van der Waals surface area contributed by atoms with Crippen molar-refractivity contribution in [2.75, 3.05) is 26.4 Å². The molecule has 1 fully saturated rings. The fourth-order valence-electron chi connectivity index (χ4n) is 3.34. The van der Waals surface area contributed by atoms with Crippen molar-refractivity contribution in [3.05, 3.63) is 23.8 Å². The number of hydrogen-bond acceptors (Lipinski definition) is 4. The predicted octanol–water partition coefficient (Wildman–Crippen LogP) is 2.63. The third kappa shape index (κ3) is 3.33. The maximum Gasteiger partial charge on any atom is 0.231 e. The molecule has 1 N–H and O–H groups in total. The molecule has 0 amide bonds. The number of rotatable bonds is 5. The SMILES string of the molecule is CCN1CCC(C(C)NCc2cccc3c2OCO3)CC1. The Kier molecular flexibility index (Phi) is 4.66. The molecule has 116 valence electrons. The van der Waals surface area contributed by atoms with Gasteiger partial charge in [-0.25, -0.2) is 0 Å². The zero-order valence-corrected chi connectivity index (χ0v) is 13.1. The van der Waals surface area contributed by atoms with Crippen LogP contribution >= 0.6 is 0 Å². The summed E-state index contributed by atoms with van der Waals surface area (Å²) in [5, 5.41) is 3.68. The van der Waals surface area contributed by atoms with Crippen molar-refractivity contribution >= 4 is 0 Å². The number of fused-ring (bicyclic) bond motifs is 1. The molecule has 2 aliphatic heterocycles. The molecule has 0 radical (unpaired) electrons. The normalized spacial score (nSPS) is 20.7. The molecular weight excluding hydrogens is 264 g/mol. The van der Waals surface area contributed by atoms with Gasteiger partial charge in [0.1, 0.15) is 0 Å². The number of likely N-dealkylation sites (tertiary alicyclic amines) is 1. The number of hydrogen-bond donors (Lipinski definition) is 1. The van der Waals surface area contributed by atoms with Crippen molar-refractivity contribution in [1.82, 2.24) is 10.2 Å². The number of nitrogens with one attached hydrogen (secondary N) is 1. The molecule has 0 bridgehead atoms. The highest BCUT2D eigenvalue weighted by atomic mass is 16.7. The molecular formula is C17H26N2O2. The summed E-state index contributed by atoms with van der Waals surface area (Å²) in [6.07, 6.45) is 2.60. The van der Waals surface area contributed by atoms with Gasteiger partial charge in [0.2, 0.25) is 6.79 Å². The van der Waals surface area contributed by atoms with Gasteiger partial charge >= 0.3 is 0 Å². The number of ether oxygens (including phenoxy) is 2. The van der Waals surface area contributed by atoms with Gasteiger partial charge in [-0.1, -0.05) is 19.1 Å². The molecule has 2 heterocycles. The van der Waals surface area contributed by atoms with Gasteiger partial charge in [-0.3, -0.25) is 0 Å². The predicted molar refractivity (Wildman–Crippen MR) is 83.7 cm³/mol. The van der Waals surface area contributed by atoms with Gasteiger partial charge in [0, 0.05) is 18.2 Å². The molecule has 1 atom stereocenters. The van der Waals surface area contributed by atoms with Crippen molar-refractivity contribution in [1.29, 1.82) is 0 Å². The first-order valence-electron chi connectivity index (χ1n) is 8.11. The fraction of sp³-hybridized carbons (Fsp3) is 0.647. The van der Waals surface area contributed by atoms with Crippen LogP contribution in [0, 0.1) is 5.92 Å². The first-order valence-corrected chi connectivity index (χ1v) is 8.11. The molecule has 0 saturated carbocycles. The second-order valence-electron chi connectivity index (χ2n) is 6.09. The van der Waals surface area contributed by atoms with E-state index in [-0.39, 0.29) is 0 Å². The van der Waals surface area contributed by atoms with Gasteiger partial charge < -0.3 is 19.7 Å². The van der Waals surface area contributed by atoms with E-state index in [2.05, 4.69) is 30.1 Å². The third-order valence-corrected chi connectivity index (χ3v) is 4.88. The highest BCUT2D eigenvalue weighted by Crippen LogP contribution is 2.35. The topological polar surface area (TPSA) is 33.7 Å². The van der Waals surface area contributed by atoms with Crippen molar-refractivity contribution in [2.45, 2.75) is 39.3 Å². The van der Waals surface area contributed by atoms with Crippen LogP contribution in [0.4, 0.5) is 0 Å². The van der Waals surface area contributed by atoms with Gasteiger partial charge in [-0.05, 0) is 51.4 Å². The molecule has 0 aromatic heterocycles. The average molecular weight is 290 g/mol. The van der Waals surface area contributed by atoms with E-state index in [1.165, 1.54) is 38.0 Å². The molecule has 1 unspecified atom stereocenters. The second kappa shape index (κ2) is 6.67. The van der Waals surface area contributed by atoms with Crippen LogP contribution in [-0.2, 0) is 6.54 Å². The summed E-state index contributed by atoms with van der Waals surface area (Å²) < 4.78 is 11.0. The lowest BCUT2D eigenvalue weighted by Crippen LogP contribution is -2.41. The number of piperidine rings is 1. The Bertz CT molecular complexity index is 470. The Morgan fingerprint density at radius 3 is 2.86 bits per heavy atom. The zero-order valence-electron chi connectivity index (χ0n) is 13.1. The number of benzene rings is 1. The monoisotopic (exact) mass is 290 g/mol. The molecule has 1 saturated heterocycles. The summed E-state index contributed by atoms with van der Waals surface area (Å²) in [4.78, 5) is 2.54. The van der Waals surface area contributed by atoms with Crippen molar-refractivity contribution in [3.8, 4) is 11.5 Å². The highest BCUT2D eigenvalue weighted by Gasteiger charge is 2.23. The molecule has 0 spiro atoms. The van der Waals surface area contributed by atoms with Crippen molar-refractivity contribution in [3.63, 3.8) is 0 Å². The van der Waals surface area contributed by atoms with Gasteiger partial charge in [0.25, 0.3) is 0 Å². The zero-order chi connectivity index (χ0) is 14.7. The van der Waals surface area contributed by atoms with Crippen LogP contribution in [0.1, 0.15) is 32.3 Å². The standard InChI is InChI=1S/C17H26N2O2/c1-3-19-9-7-14(8-10-19)13(2)18-11-15-5-4-6-16-17(15)21-12-20-16/h4-6,13-14,18H,3,7-12H2,1-2H3. The molecule has 2 aliphatic rings. The summed E-state index contributed by atoms with van der Waals surface area (Å²) in [6.45, 7) is 9.42. The van der Waals surface area contributed by atoms with Gasteiger partial charge in [0.05, 0.1) is 0 Å². The Balaban J connectivity index is 1.52. The van der Waals surface area contributed by atoms with Crippen LogP contribution in [0.2, 0.25) is 0 Å². The lowest BCUT2D eigenvalue weighted by Gasteiger charge is -2.34. The fourth-order valence-corrected chi connectivity index (χ4v) is 3.34. The summed E-state index contributed by atoms with van der Waals surface area (Å²) in [7, 11) is 0. The molecule has 1 aromatic carbocycles. The van der Waals surface area contributed by atoms with E-state index < -0.39 is 0 Å². The van der Waals surface area contributed by atoms with Crippen molar-refractivity contribution in [2.24, 2.45) is 5.92 Å². The molecule has 0 aliphatic carbocycles. The van der Waals surface area contributed by atoms with Crippen LogP contribution < -0.4 is 14.8 Å². The molecule has 3 rings (SSSR count). The first-order chi connectivity index (χ1) is 10.3. The lowest BCUT2D eigenvalue weighted by atomic mass is 9.90. The number of para-hydroxylation sites is 1. The summed E-state index contributed by atoms with van der Waals surface area (Å²) >= 11 is 0. The van der Waals surface area contributed by atoms with E-state index in [0.29, 0.717) is 12.8 Å². The molecule has 4 heteroatoms. The minimum atomic E-state index is 0.345. The summed E-state index contributed by atoms with van der Waals surface area (Å²) in [5.74, 6) is 2.57. The summed E-state index contributed by atoms with van der Waals surface area (Å²) in [5.41, 5.74) is 1.20. The van der Waals surface area contributed by atoms with E-state index in [9.17, 15) is 0 Å². The Labute approximate surface area is 127 Å². The minimum Gasteiger partial charge on any atom is -0.454 e. The van der Waals surface area contributed by atoms with E-state index in [0.717, 1.165) is 24.0 Å². The largest absolute Gasteiger partial charge is 0.454 e. The van der Waals surface area contributed by atoms with Crippen LogP contribution in [0.15, 0.2) is 18.2 Å². The first kappa shape index (κ1) is 14.7. The average Bonchev–Trinajstić information content (AvgIpc) is 3.02. The second-order valence-corrected chi connectivity index (χ2v) is 6.09. The minimum absolute atomic E-state index is 0.345. The van der Waals surface area contributed by atoms with E-state index in [4.69, 9.17) is 9.47 Å². The molecule has 4 nitrogen and oxygen atoms in total. The Morgan fingerprint density at radius 2 is 2.10 bits per heavy atom. The number of nitrogens with zero attached hydrogens (tertiary/aromatic N) is 1. The maximum atomic E-state index is 5.57. The van der Waals surface area contributed by atoms with E-state index in [1.807, 2.05) is 12.1 Å². The van der Waals surface area contributed by atoms with Gasteiger partial charge in [-0.2, -0.15) is 0 Å². The van der Waals surface area contributed by atoms with Gasteiger partial charge in [0.15, 0.2) is 11.5 Å². The molecule has 1 aromatic rings. The molecule has 21 heavy (non-hydrogen) atoms. The lowest BCUT2D eigenvalue weighted by molar-refractivity contribution is 0.167. The van der Waals surface area contributed by atoms with Crippen LogP contribution in [0.25, 0.3) is 0 Å². The quantitative estimate of drug-likeness (QED) is 0.904. The van der Waals surface area contributed by atoms with Crippen LogP contribution in [-0.4, -0.2) is 37.4 Å². The van der Waals surface area contributed by atoms with Crippen molar-refractivity contribution < 1.29 is 9.47 Å². The van der Waals surface area contributed by atoms with Crippen LogP contribution in [0.3, 0.4) is 0 Å². The van der Waals surface area contributed by atoms with Gasteiger partial charge in [-0.15, -0.1) is 0 Å².